The quantitative estimate of drug-likeness (QED) is 0.661. The standard InChI is InChI=1S/C19H33NO/c1-17-8-3-4-15(17)14-6-5-13-12-19(20,21)11-10-18(13,2)16(14)7-9-17/h13-16,21H,3-12,20H2,1-2H3/t13?,14-,15-,16-,17-,18-,19-/m0/s1. The van der Waals surface area contributed by atoms with Crippen molar-refractivity contribution in [3.05, 3.63) is 0 Å². The van der Waals surface area contributed by atoms with Crippen LogP contribution >= 0.6 is 0 Å². The smallest absolute Gasteiger partial charge is 0.113 e. The molecule has 3 N–H and O–H groups in total. The second-order valence-corrected chi connectivity index (χ2v) is 9.55. The number of nitrogens with two attached hydrogens (primary N) is 1. The molecule has 7 atom stereocenters. The van der Waals surface area contributed by atoms with Crippen molar-refractivity contribution in [3.8, 4) is 0 Å². The van der Waals surface area contributed by atoms with E-state index >= 15 is 0 Å². The third kappa shape index (κ3) is 2.05. The molecule has 0 aromatic heterocycles. The van der Waals surface area contributed by atoms with E-state index in [4.69, 9.17) is 5.73 Å². The fourth-order valence-corrected chi connectivity index (χ4v) is 7.27. The molecule has 1 unspecified atom stereocenters. The Kier molecular flexibility index (Phi) is 3.09. The lowest BCUT2D eigenvalue weighted by molar-refractivity contribution is -0.145. The lowest BCUT2D eigenvalue weighted by Gasteiger charge is -2.61. The first-order valence-electron chi connectivity index (χ1n) is 9.35. The van der Waals surface area contributed by atoms with Crippen LogP contribution in [0, 0.1) is 34.5 Å². The zero-order valence-electron chi connectivity index (χ0n) is 13.9. The zero-order chi connectivity index (χ0) is 14.9. The van der Waals surface area contributed by atoms with Crippen molar-refractivity contribution < 1.29 is 5.11 Å². The average Bonchev–Trinajstić information content (AvgIpc) is 2.81. The van der Waals surface area contributed by atoms with Gasteiger partial charge in [-0.2, -0.15) is 0 Å². The van der Waals surface area contributed by atoms with E-state index in [1.807, 2.05) is 0 Å². The third-order valence-electron chi connectivity index (χ3n) is 8.54. The lowest BCUT2D eigenvalue weighted by Crippen LogP contribution is -2.57. The van der Waals surface area contributed by atoms with Gasteiger partial charge in [-0.1, -0.05) is 20.3 Å². The Balaban J connectivity index is 1.62. The van der Waals surface area contributed by atoms with Crippen molar-refractivity contribution in [2.75, 3.05) is 0 Å². The van der Waals surface area contributed by atoms with Gasteiger partial charge >= 0.3 is 0 Å². The SMILES string of the molecule is C[C@@]12CCC[C@H]1[C@@H]1CCC3C[C@@](N)(O)CC[C@]3(C)[C@H]1CC2. The number of rotatable bonds is 0. The maximum absolute atomic E-state index is 10.3. The summed E-state index contributed by atoms with van der Waals surface area (Å²) >= 11 is 0. The Morgan fingerprint density at radius 3 is 2.52 bits per heavy atom. The predicted octanol–water partition coefficient (Wildman–Crippen LogP) is 4.07. The van der Waals surface area contributed by atoms with Gasteiger partial charge in [-0.15, -0.1) is 0 Å². The van der Waals surface area contributed by atoms with Crippen LogP contribution in [0.5, 0.6) is 0 Å². The highest BCUT2D eigenvalue weighted by atomic mass is 16.3. The van der Waals surface area contributed by atoms with Crippen molar-refractivity contribution >= 4 is 0 Å². The Labute approximate surface area is 129 Å². The number of hydrogen-bond donors (Lipinski definition) is 2. The zero-order valence-corrected chi connectivity index (χ0v) is 13.9. The second-order valence-electron chi connectivity index (χ2n) is 9.55. The van der Waals surface area contributed by atoms with Gasteiger partial charge in [0.25, 0.3) is 0 Å². The molecule has 0 amide bonds. The number of fused-ring (bicyclic) bond motifs is 5. The summed E-state index contributed by atoms with van der Waals surface area (Å²) in [7, 11) is 0. The van der Waals surface area contributed by atoms with E-state index < -0.39 is 5.72 Å². The van der Waals surface area contributed by atoms with Gasteiger partial charge in [0, 0.05) is 0 Å². The van der Waals surface area contributed by atoms with Crippen LogP contribution in [0.25, 0.3) is 0 Å². The van der Waals surface area contributed by atoms with E-state index in [1.165, 1.54) is 44.9 Å². The van der Waals surface area contributed by atoms with E-state index in [-0.39, 0.29) is 0 Å². The summed E-state index contributed by atoms with van der Waals surface area (Å²) in [5.74, 6) is 3.53. The molecular weight excluding hydrogens is 258 g/mol. The summed E-state index contributed by atoms with van der Waals surface area (Å²) in [5.41, 5.74) is 6.31. The normalized spacial score (nSPS) is 60.0. The minimum absolute atomic E-state index is 0.457. The monoisotopic (exact) mass is 291 g/mol. The second kappa shape index (κ2) is 4.47. The van der Waals surface area contributed by atoms with E-state index in [2.05, 4.69) is 13.8 Å². The largest absolute Gasteiger partial charge is 0.376 e. The molecule has 4 rings (SSSR count). The van der Waals surface area contributed by atoms with Gasteiger partial charge in [-0.05, 0) is 92.3 Å². The molecule has 0 heterocycles. The van der Waals surface area contributed by atoms with Crippen LogP contribution in [-0.4, -0.2) is 10.8 Å². The lowest BCUT2D eigenvalue weighted by atomic mass is 9.45. The van der Waals surface area contributed by atoms with Crippen LogP contribution in [0.4, 0.5) is 0 Å². The maximum Gasteiger partial charge on any atom is 0.113 e. The van der Waals surface area contributed by atoms with Crippen molar-refractivity contribution in [2.24, 2.45) is 40.2 Å². The van der Waals surface area contributed by atoms with Gasteiger partial charge in [-0.25, -0.2) is 0 Å². The molecule has 0 radical (unpaired) electrons. The first-order valence-corrected chi connectivity index (χ1v) is 9.35. The van der Waals surface area contributed by atoms with Crippen molar-refractivity contribution in [2.45, 2.75) is 83.8 Å². The fraction of sp³-hybridized carbons (Fsp3) is 1.00. The minimum atomic E-state index is -0.881. The van der Waals surface area contributed by atoms with Crippen LogP contribution in [0.3, 0.4) is 0 Å². The molecule has 120 valence electrons. The molecule has 0 aromatic rings. The molecule has 0 aliphatic heterocycles. The highest BCUT2D eigenvalue weighted by Gasteiger charge is 2.58. The summed E-state index contributed by atoms with van der Waals surface area (Å²) < 4.78 is 0. The summed E-state index contributed by atoms with van der Waals surface area (Å²) in [5, 5.41) is 10.3. The molecule has 0 aromatic carbocycles. The van der Waals surface area contributed by atoms with Crippen LogP contribution in [0.15, 0.2) is 0 Å². The predicted molar refractivity (Wildman–Crippen MR) is 85.5 cm³/mol. The van der Waals surface area contributed by atoms with Crippen LogP contribution in [0.2, 0.25) is 0 Å². The molecule has 2 heteroatoms. The van der Waals surface area contributed by atoms with Gasteiger partial charge in [0.1, 0.15) is 5.72 Å². The molecule has 0 bridgehead atoms. The summed E-state index contributed by atoms with van der Waals surface area (Å²) in [4.78, 5) is 0. The van der Waals surface area contributed by atoms with E-state index in [9.17, 15) is 5.11 Å². The summed E-state index contributed by atoms with van der Waals surface area (Å²) in [6, 6.07) is 0. The van der Waals surface area contributed by atoms with Gasteiger partial charge in [0.15, 0.2) is 0 Å². The van der Waals surface area contributed by atoms with Crippen molar-refractivity contribution in [1.29, 1.82) is 0 Å². The van der Waals surface area contributed by atoms with E-state index in [1.54, 1.807) is 0 Å². The Morgan fingerprint density at radius 1 is 0.905 bits per heavy atom. The average molecular weight is 291 g/mol. The topological polar surface area (TPSA) is 46.2 Å². The van der Waals surface area contributed by atoms with Gasteiger partial charge < -0.3 is 10.8 Å². The van der Waals surface area contributed by atoms with Gasteiger partial charge in [0.05, 0.1) is 0 Å². The first-order chi connectivity index (χ1) is 9.84. The maximum atomic E-state index is 10.3. The summed E-state index contributed by atoms with van der Waals surface area (Å²) in [6.45, 7) is 5.12. The molecule has 0 saturated heterocycles. The fourth-order valence-electron chi connectivity index (χ4n) is 7.27. The van der Waals surface area contributed by atoms with Crippen LogP contribution < -0.4 is 5.73 Å². The Bertz CT molecular complexity index is 433. The summed E-state index contributed by atoms with van der Waals surface area (Å²) in [6.07, 6.45) is 12.8. The minimum Gasteiger partial charge on any atom is -0.376 e. The molecule has 4 aliphatic rings. The highest BCUT2D eigenvalue weighted by Crippen LogP contribution is 2.66. The third-order valence-corrected chi connectivity index (χ3v) is 8.54. The Hall–Kier alpha value is -0.0800. The number of hydrogen-bond acceptors (Lipinski definition) is 2. The first kappa shape index (κ1) is 14.5. The molecule has 0 spiro atoms. The molecule has 4 fully saturated rings. The molecular formula is C19H33NO. The van der Waals surface area contributed by atoms with Crippen molar-refractivity contribution in [3.63, 3.8) is 0 Å². The number of aliphatic hydroxyl groups is 1. The van der Waals surface area contributed by atoms with E-state index in [0.29, 0.717) is 16.7 Å². The van der Waals surface area contributed by atoms with E-state index in [0.717, 1.165) is 37.0 Å². The highest BCUT2D eigenvalue weighted by molar-refractivity contribution is 5.08. The Morgan fingerprint density at radius 2 is 1.71 bits per heavy atom. The van der Waals surface area contributed by atoms with Crippen LogP contribution in [-0.2, 0) is 0 Å². The van der Waals surface area contributed by atoms with Gasteiger partial charge in [0.2, 0.25) is 0 Å². The molecule has 2 nitrogen and oxygen atoms in total. The molecule has 4 aliphatic carbocycles. The van der Waals surface area contributed by atoms with Crippen LogP contribution in [0.1, 0.15) is 78.1 Å². The van der Waals surface area contributed by atoms with Crippen molar-refractivity contribution in [1.82, 2.24) is 0 Å². The molecule has 21 heavy (non-hydrogen) atoms. The van der Waals surface area contributed by atoms with Gasteiger partial charge in [-0.3, -0.25) is 0 Å². The molecule has 4 saturated carbocycles.